The number of nitrogens with zero attached hydrogens (tertiary/aromatic N) is 7. The van der Waals surface area contributed by atoms with Gasteiger partial charge in [-0.25, -0.2) is 0 Å². The van der Waals surface area contributed by atoms with E-state index in [1.165, 1.54) is 43.8 Å². The maximum atomic E-state index is 5.62. The van der Waals surface area contributed by atoms with Crippen molar-refractivity contribution in [1.29, 1.82) is 0 Å². The summed E-state index contributed by atoms with van der Waals surface area (Å²) in [6, 6.07) is 67.1. The van der Waals surface area contributed by atoms with E-state index in [4.69, 9.17) is 15.0 Å². The van der Waals surface area contributed by atoms with Crippen LogP contribution in [0.25, 0.3) is 117 Å². The fourth-order valence-electron chi connectivity index (χ4n) is 10.6. The molecule has 0 amide bonds. The van der Waals surface area contributed by atoms with E-state index >= 15 is 0 Å². The van der Waals surface area contributed by atoms with E-state index in [9.17, 15) is 0 Å². The molecule has 0 N–H and O–H groups in total. The van der Waals surface area contributed by atoms with Crippen molar-refractivity contribution in [3.05, 3.63) is 205 Å². The zero-order valence-corrected chi connectivity index (χ0v) is 34.6. The van der Waals surface area contributed by atoms with Gasteiger partial charge in [-0.15, -0.1) is 0 Å². The quantitative estimate of drug-likeness (QED) is 0.174. The molecule has 14 rings (SSSR count). The monoisotopic (exact) mass is 819 g/mol. The van der Waals surface area contributed by atoms with E-state index in [2.05, 4.69) is 212 Å². The summed E-state index contributed by atoms with van der Waals surface area (Å²) >= 11 is 0. The van der Waals surface area contributed by atoms with Gasteiger partial charge in [0.15, 0.2) is 5.82 Å². The van der Waals surface area contributed by atoms with Crippen molar-refractivity contribution in [3.63, 3.8) is 0 Å². The molecule has 0 saturated carbocycles. The Kier molecular flexibility index (Phi) is 7.39. The molecular formula is C57H37N7. The lowest BCUT2D eigenvalue weighted by molar-refractivity contribution is 0.822. The molecule has 7 nitrogen and oxygen atoms in total. The molecule has 0 fully saturated rings. The number of hydrogen-bond acceptors (Lipinski definition) is 3. The zero-order valence-electron chi connectivity index (χ0n) is 34.6. The molecule has 0 unspecified atom stereocenters. The predicted octanol–water partition coefficient (Wildman–Crippen LogP) is 13.7. The van der Waals surface area contributed by atoms with Crippen LogP contribution in [0.3, 0.4) is 0 Å². The average molecular weight is 820 g/mol. The van der Waals surface area contributed by atoms with Crippen LogP contribution in [0.15, 0.2) is 194 Å². The van der Waals surface area contributed by atoms with Crippen LogP contribution in [0.2, 0.25) is 0 Å². The Hall–Kier alpha value is -8.55. The summed E-state index contributed by atoms with van der Waals surface area (Å²) in [5, 5.41) is 8.18. The molecule has 5 heterocycles. The van der Waals surface area contributed by atoms with E-state index in [-0.39, 0.29) is 0 Å². The molecule has 1 aliphatic rings. The lowest BCUT2D eigenvalue weighted by atomic mass is 10.0. The van der Waals surface area contributed by atoms with Crippen LogP contribution in [0.1, 0.15) is 17.7 Å². The Labute approximate surface area is 367 Å². The predicted molar refractivity (Wildman–Crippen MR) is 262 cm³/mol. The summed E-state index contributed by atoms with van der Waals surface area (Å²) in [6.07, 6.45) is 6.39. The van der Waals surface area contributed by atoms with Crippen LogP contribution in [-0.4, -0.2) is 33.2 Å². The summed E-state index contributed by atoms with van der Waals surface area (Å²) in [6.45, 7) is 0. The summed E-state index contributed by atoms with van der Waals surface area (Å²) in [4.78, 5) is 16.5. The number of hydrogen-bond donors (Lipinski definition) is 0. The lowest BCUT2D eigenvalue weighted by Gasteiger charge is -2.15. The van der Waals surface area contributed by atoms with Gasteiger partial charge in [-0.05, 0) is 73.5 Å². The van der Waals surface area contributed by atoms with Gasteiger partial charge in [0.2, 0.25) is 11.9 Å². The minimum Gasteiger partial charge on any atom is -0.309 e. The third-order valence-corrected chi connectivity index (χ3v) is 13.3. The highest BCUT2D eigenvalue weighted by atomic mass is 15.3. The molecule has 7 heteroatoms. The number of fused-ring (bicyclic) bond motifs is 13. The number of benzene rings is 8. The van der Waals surface area contributed by atoms with Gasteiger partial charge in [-0.3, -0.25) is 9.13 Å². The summed E-state index contributed by atoms with van der Waals surface area (Å²) in [5.41, 5.74) is 13.4. The third-order valence-electron chi connectivity index (χ3n) is 13.3. The molecule has 0 bridgehead atoms. The van der Waals surface area contributed by atoms with Gasteiger partial charge in [0.1, 0.15) is 0 Å². The highest BCUT2D eigenvalue weighted by Gasteiger charge is 2.27. The summed E-state index contributed by atoms with van der Waals surface area (Å²) in [7, 11) is 0. The number of rotatable bonds is 5. The maximum absolute atomic E-state index is 5.62. The number of para-hydroxylation sites is 5. The first-order valence-corrected chi connectivity index (χ1v) is 21.9. The van der Waals surface area contributed by atoms with Crippen LogP contribution in [0, 0.1) is 0 Å². The van der Waals surface area contributed by atoms with Gasteiger partial charge in [0.05, 0.1) is 38.6 Å². The van der Waals surface area contributed by atoms with Crippen molar-refractivity contribution < 1.29 is 0 Å². The second-order valence-corrected chi connectivity index (χ2v) is 16.7. The number of allylic oxidation sites excluding steroid dienone is 1. The fraction of sp³-hybridized carbons (Fsp3) is 0.0351. The second kappa shape index (κ2) is 13.5. The van der Waals surface area contributed by atoms with E-state index < -0.39 is 0 Å². The van der Waals surface area contributed by atoms with Gasteiger partial charge in [0, 0.05) is 65.9 Å². The average Bonchev–Trinajstić information content (AvgIpc) is 4.09. The van der Waals surface area contributed by atoms with Crippen LogP contribution in [0.5, 0.6) is 0 Å². The van der Waals surface area contributed by atoms with E-state index in [0.29, 0.717) is 17.7 Å². The normalized spacial score (nSPS) is 12.8. The maximum Gasteiger partial charge on any atom is 0.240 e. The molecule has 64 heavy (non-hydrogen) atoms. The molecule has 8 aromatic carbocycles. The summed E-state index contributed by atoms with van der Waals surface area (Å²) < 4.78 is 9.38. The Bertz CT molecular complexity index is 4060. The first kappa shape index (κ1) is 35.1. The van der Waals surface area contributed by atoms with E-state index in [1.54, 1.807) is 0 Å². The minimum atomic E-state index is 0.572. The van der Waals surface area contributed by atoms with Crippen LogP contribution >= 0.6 is 0 Å². The molecule has 300 valence electrons. The molecule has 0 saturated heterocycles. The van der Waals surface area contributed by atoms with Crippen molar-refractivity contribution in [2.45, 2.75) is 12.8 Å². The Morgan fingerprint density at radius 3 is 1.61 bits per heavy atom. The number of aromatic nitrogens is 7. The largest absolute Gasteiger partial charge is 0.309 e. The minimum absolute atomic E-state index is 0.572. The highest BCUT2D eigenvalue weighted by Crippen LogP contribution is 2.43. The van der Waals surface area contributed by atoms with Crippen LogP contribution < -0.4 is 0 Å². The van der Waals surface area contributed by atoms with Gasteiger partial charge >= 0.3 is 0 Å². The third kappa shape index (κ3) is 4.94. The zero-order chi connectivity index (χ0) is 41.9. The first-order valence-electron chi connectivity index (χ1n) is 21.9. The molecular weight excluding hydrogens is 783 g/mol. The van der Waals surface area contributed by atoms with Gasteiger partial charge < -0.3 is 9.13 Å². The standard InChI is InChI=1S/C57H37N7/c1-4-18-36(19-5-1)55-58-56(63-47-29-15-12-26-41(47)45-34-51-44(35-52(45)63)40-25-11-14-28-46(40)62(51)38-22-8-3-9-23-38)60-57(59-55)64-48-30-16-10-24-39(48)42-32-33-50-53(54(42)64)43-27-13-17-31-49(43)61(50)37-20-6-2-7-21-37/h1-14,16-28,30-35H,15,29H2. The molecule has 5 aromatic heterocycles. The smallest absolute Gasteiger partial charge is 0.240 e. The Morgan fingerprint density at radius 2 is 0.906 bits per heavy atom. The lowest BCUT2D eigenvalue weighted by Crippen LogP contribution is -2.12. The molecule has 1 aliphatic carbocycles. The van der Waals surface area contributed by atoms with Crippen molar-refractivity contribution in [3.8, 4) is 34.7 Å². The fourth-order valence-corrected chi connectivity index (χ4v) is 10.6. The molecule has 0 spiro atoms. The summed E-state index contributed by atoms with van der Waals surface area (Å²) in [5.74, 6) is 1.79. The first-order chi connectivity index (χ1) is 31.8. The van der Waals surface area contributed by atoms with Crippen LogP contribution in [-0.2, 0) is 6.42 Å². The molecule has 0 aliphatic heterocycles. The molecule has 0 atom stereocenters. The van der Waals surface area contributed by atoms with E-state index in [0.717, 1.165) is 73.5 Å². The van der Waals surface area contributed by atoms with Gasteiger partial charge in [-0.2, -0.15) is 15.0 Å². The Morgan fingerprint density at radius 1 is 0.375 bits per heavy atom. The van der Waals surface area contributed by atoms with Crippen molar-refractivity contribution in [1.82, 2.24) is 33.2 Å². The molecule has 0 radical (unpaired) electrons. The van der Waals surface area contributed by atoms with Crippen molar-refractivity contribution in [2.75, 3.05) is 0 Å². The van der Waals surface area contributed by atoms with Gasteiger partial charge in [0.25, 0.3) is 0 Å². The highest BCUT2D eigenvalue weighted by molar-refractivity contribution is 6.26. The van der Waals surface area contributed by atoms with Gasteiger partial charge in [-0.1, -0.05) is 140 Å². The van der Waals surface area contributed by atoms with Crippen molar-refractivity contribution in [2.24, 2.45) is 0 Å². The molecule has 13 aromatic rings. The topological polar surface area (TPSA) is 58.4 Å². The Balaban J connectivity index is 1.11. The van der Waals surface area contributed by atoms with E-state index in [1.807, 2.05) is 6.07 Å². The van der Waals surface area contributed by atoms with Crippen LogP contribution in [0.4, 0.5) is 0 Å². The van der Waals surface area contributed by atoms with Crippen molar-refractivity contribution >= 4 is 82.4 Å². The second-order valence-electron chi connectivity index (χ2n) is 16.7. The SMILES string of the molecule is C1=Cc2c(n(-c3nc(-c4ccccc4)nc(-n4c5ccccc5c5ccc6c(c7ccccc7n6-c6ccccc6)c54)n3)c3cc4c5ccccc5n(-c5ccccc5)c4cc23)CC1.